The van der Waals surface area contributed by atoms with Gasteiger partial charge in [0.25, 0.3) is 5.91 Å². The number of hydrogen-bond acceptors (Lipinski definition) is 4. The van der Waals surface area contributed by atoms with Crippen LogP contribution in [0.2, 0.25) is 0 Å². The fourth-order valence-electron chi connectivity index (χ4n) is 2.98. The first kappa shape index (κ1) is 19.2. The molecule has 1 N–H and O–H groups in total. The molecule has 0 spiro atoms. The molecule has 0 unspecified atom stereocenters. The molecule has 2 heterocycles. The summed E-state index contributed by atoms with van der Waals surface area (Å²) in [6, 6.07) is 5.62. The number of halogens is 4. The number of benzene rings is 1. The maximum Gasteiger partial charge on any atom is 0.401 e. The van der Waals surface area contributed by atoms with Gasteiger partial charge in [-0.15, -0.1) is 0 Å². The number of hydrogen-bond donors (Lipinski definition) is 1. The fraction of sp³-hybridized carbons (Fsp3) is 0.389. The van der Waals surface area contributed by atoms with Gasteiger partial charge >= 0.3 is 6.18 Å². The van der Waals surface area contributed by atoms with E-state index in [4.69, 9.17) is 0 Å². The van der Waals surface area contributed by atoms with E-state index in [1.165, 1.54) is 29.4 Å². The molecule has 1 aliphatic rings. The van der Waals surface area contributed by atoms with E-state index in [0.29, 0.717) is 24.2 Å². The summed E-state index contributed by atoms with van der Waals surface area (Å²) in [6.07, 6.45) is -0.617. The lowest BCUT2D eigenvalue weighted by atomic mass is 10.0. The molecule has 0 aliphatic carbocycles. The van der Waals surface area contributed by atoms with Gasteiger partial charge in [-0.25, -0.2) is 14.4 Å². The van der Waals surface area contributed by atoms with Crippen LogP contribution in [-0.4, -0.2) is 52.6 Å². The van der Waals surface area contributed by atoms with Gasteiger partial charge in [-0.1, -0.05) is 12.1 Å². The van der Waals surface area contributed by atoms with Gasteiger partial charge in [-0.3, -0.25) is 9.69 Å². The Kier molecular flexibility index (Phi) is 5.69. The van der Waals surface area contributed by atoms with Crippen molar-refractivity contribution in [2.75, 3.05) is 19.6 Å². The normalized spacial score (nSPS) is 16.3. The quantitative estimate of drug-likeness (QED) is 0.826. The van der Waals surface area contributed by atoms with Gasteiger partial charge in [0.2, 0.25) is 0 Å². The van der Waals surface area contributed by atoms with Crippen molar-refractivity contribution in [3.05, 3.63) is 48.0 Å². The molecule has 9 heteroatoms. The van der Waals surface area contributed by atoms with Crippen LogP contribution in [0.25, 0.3) is 11.4 Å². The number of carbonyl (C=O) groups is 1. The number of aromatic nitrogens is 2. The molecular weight excluding hydrogens is 364 g/mol. The molecule has 3 rings (SSSR count). The van der Waals surface area contributed by atoms with Crippen molar-refractivity contribution in [1.29, 1.82) is 0 Å². The second-order valence-electron chi connectivity index (χ2n) is 6.44. The highest BCUT2D eigenvalue weighted by molar-refractivity contribution is 5.93. The number of alkyl halides is 3. The molecule has 27 heavy (non-hydrogen) atoms. The Labute approximate surface area is 153 Å². The van der Waals surface area contributed by atoms with Crippen molar-refractivity contribution in [2.45, 2.75) is 25.1 Å². The Hall–Kier alpha value is -2.55. The molecule has 0 atom stereocenters. The number of piperidine rings is 1. The first-order chi connectivity index (χ1) is 12.8. The third-order valence-corrected chi connectivity index (χ3v) is 4.32. The summed E-state index contributed by atoms with van der Waals surface area (Å²) in [5, 5.41) is 2.80. The van der Waals surface area contributed by atoms with Gasteiger partial charge in [0.05, 0.1) is 12.1 Å². The van der Waals surface area contributed by atoms with Gasteiger partial charge in [0, 0.05) is 37.1 Å². The lowest BCUT2D eigenvalue weighted by Crippen LogP contribution is -2.47. The van der Waals surface area contributed by atoms with Crippen LogP contribution < -0.4 is 5.32 Å². The highest BCUT2D eigenvalue weighted by Gasteiger charge is 2.32. The minimum Gasteiger partial charge on any atom is -0.349 e. The SMILES string of the molecule is O=C(NC1CCN(CC(F)(F)F)CC1)c1cnc(-c2cccc(F)c2)nc1. The summed E-state index contributed by atoms with van der Waals surface area (Å²) in [6.45, 7) is -0.373. The molecule has 0 radical (unpaired) electrons. The number of carbonyl (C=O) groups excluding carboxylic acids is 1. The number of nitrogens with zero attached hydrogens (tertiary/aromatic N) is 3. The largest absolute Gasteiger partial charge is 0.401 e. The first-order valence-electron chi connectivity index (χ1n) is 8.48. The standard InChI is InChI=1S/C18H18F4N4O/c19-14-3-1-2-12(8-14)16-23-9-13(10-24-16)17(27)25-15-4-6-26(7-5-15)11-18(20,21)22/h1-3,8-10,15H,4-7,11H2,(H,25,27). The summed E-state index contributed by atoms with van der Waals surface area (Å²) in [7, 11) is 0. The summed E-state index contributed by atoms with van der Waals surface area (Å²) in [4.78, 5) is 21.8. The van der Waals surface area contributed by atoms with Crippen LogP contribution in [-0.2, 0) is 0 Å². The smallest absolute Gasteiger partial charge is 0.349 e. The number of rotatable bonds is 4. The monoisotopic (exact) mass is 382 g/mol. The maximum atomic E-state index is 13.3. The molecule has 1 aliphatic heterocycles. The summed E-state index contributed by atoms with van der Waals surface area (Å²) in [5.74, 6) is -0.489. The third kappa shape index (κ3) is 5.46. The molecule has 0 saturated carbocycles. The van der Waals surface area contributed by atoms with Crippen LogP contribution in [0.3, 0.4) is 0 Å². The zero-order valence-corrected chi connectivity index (χ0v) is 14.3. The zero-order chi connectivity index (χ0) is 19.4. The summed E-state index contributed by atoms with van der Waals surface area (Å²) < 4.78 is 50.5. The summed E-state index contributed by atoms with van der Waals surface area (Å²) >= 11 is 0. The van der Waals surface area contributed by atoms with E-state index in [1.807, 2.05) is 0 Å². The van der Waals surface area contributed by atoms with Crippen LogP contribution in [0.5, 0.6) is 0 Å². The molecule has 144 valence electrons. The van der Waals surface area contributed by atoms with E-state index in [0.717, 1.165) is 0 Å². The number of nitrogens with one attached hydrogen (secondary N) is 1. The van der Waals surface area contributed by atoms with Crippen LogP contribution in [0.15, 0.2) is 36.7 Å². The van der Waals surface area contributed by atoms with Gasteiger partial charge in [0.15, 0.2) is 5.82 Å². The van der Waals surface area contributed by atoms with E-state index in [1.54, 1.807) is 12.1 Å². The first-order valence-corrected chi connectivity index (χ1v) is 8.48. The van der Waals surface area contributed by atoms with Gasteiger partial charge in [-0.05, 0) is 25.0 Å². The molecule has 0 bridgehead atoms. The van der Waals surface area contributed by atoms with E-state index in [9.17, 15) is 22.4 Å². The van der Waals surface area contributed by atoms with Crippen LogP contribution >= 0.6 is 0 Å². The van der Waals surface area contributed by atoms with Crippen LogP contribution in [0, 0.1) is 5.82 Å². The molecule has 1 aromatic carbocycles. The van der Waals surface area contributed by atoms with E-state index in [2.05, 4.69) is 15.3 Å². The van der Waals surface area contributed by atoms with Crippen molar-refractivity contribution >= 4 is 5.91 Å². The van der Waals surface area contributed by atoms with Crippen molar-refractivity contribution in [1.82, 2.24) is 20.2 Å². The van der Waals surface area contributed by atoms with Gasteiger partial charge in [-0.2, -0.15) is 13.2 Å². The van der Waals surface area contributed by atoms with Crippen molar-refractivity contribution in [2.24, 2.45) is 0 Å². The molecular formula is C18H18F4N4O. The second-order valence-corrected chi connectivity index (χ2v) is 6.44. The molecule has 5 nitrogen and oxygen atoms in total. The highest BCUT2D eigenvalue weighted by Crippen LogP contribution is 2.20. The molecule has 1 aromatic heterocycles. The Bertz CT molecular complexity index is 787. The average molecular weight is 382 g/mol. The van der Waals surface area contributed by atoms with Crippen molar-refractivity contribution in [3.8, 4) is 11.4 Å². The lowest BCUT2D eigenvalue weighted by Gasteiger charge is -2.32. The minimum atomic E-state index is -4.21. The Balaban J connectivity index is 1.54. The van der Waals surface area contributed by atoms with Gasteiger partial charge in [0.1, 0.15) is 5.82 Å². The maximum absolute atomic E-state index is 13.3. The zero-order valence-electron chi connectivity index (χ0n) is 14.3. The predicted molar refractivity (Wildman–Crippen MR) is 90.4 cm³/mol. The predicted octanol–water partition coefficient (Wildman–Crippen LogP) is 3.04. The molecule has 2 aromatic rings. The third-order valence-electron chi connectivity index (χ3n) is 4.32. The molecule has 1 fully saturated rings. The topological polar surface area (TPSA) is 58.1 Å². The fourth-order valence-corrected chi connectivity index (χ4v) is 2.98. The molecule has 1 saturated heterocycles. The van der Waals surface area contributed by atoms with Crippen molar-refractivity contribution in [3.63, 3.8) is 0 Å². The Morgan fingerprint density at radius 1 is 1.19 bits per heavy atom. The Morgan fingerprint density at radius 3 is 2.44 bits per heavy atom. The van der Waals surface area contributed by atoms with E-state index in [-0.39, 0.29) is 30.6 Å². The van der Waals surface area contributed by atoms with Crippen molar-refractivity contribution < 1.29 is 22.4 Å². The highest BCUT2D eigenvalue weighted by atomic mass is 19.4. The number of likely N-dealkylation sites (tertiary alicyclic amines) is 1. The molecule has 1 amide bonds. The van der Waals surface area contributed by atoms with Crippen LogP contribution in [0.1, 0.15) is 23.2 Å². The second kappa shape index (κ2) is 7.99. The van der Waals surface area contributed by atoms with E-state index < -0.39 is 18.5 Å². The van der Waals surface area contributed by atoms with Gasteiger partial charge < -0.3 is 5.32 Å². The average Bonchev–Trinajstić information content (AvgIpc) is 2.62. The van der Waals surface area contributed by atoms with E-state index >= 15 is 0 Å². The lowest BCUT2D eigenvalue weighted by molar-refractivity contribution is -0.148. The Morgan fingerprint density at radius 2 is 1.85 bits per heavy atom. The number of amides is 1. The van der Waals surface area contributed by atoms with Crippen LogP contribution in [0.4, 0.5) is 17.6 Å². The minimum absolute atomic E-state index is 0.190. The summed E-state index contributed by atoms with van der Waals surface area (Å²) in [5.41, 5.74) is 0.742.